The molecule has 0 aliphatic carbocycles. The van der Waals surface area contributed by atoms with Crippen LogP contribution in [0.15, 0.2) is 12.3 Å². The minimum absolute atomic E-state index is 0.339. The van der Waals surface area contributed by atoms with E-state index in [9.17, 15) is 9.18 Å². The summed E-state index contributed by atoms with van der Waals surface area (Å²) in [6, 6.07) is 0.622. The largest absolute Gasteiger partial charge is 0.490 e. The zero-order valence-electron chi connectivity index (χ0n) is 6.31. The van der Waals surface area contributed by atoms with E-state index < -0.39 is 24.6 Å². The first-order valence-corrected chi connectivity index (χ1v) is 3.27. The number of nitrogens with zero attached hydrogens (tertiary/aromatic N) is 1. The summed E-state index contributed by atoms with van der Waals surface area (Å²) in [4.78, 5) is 13.6. The molecule has 0 aliphatic heterocycles. The molecule has 0 atom stereocenters. The second-order valence-corrected chi connectivity index (χ2v) is 2.27. The van der Waals surface area contributed by atoms with E-state index in [1.165, 1.54) is 0 Å². The second kappa shape index (κ2) is 3.50. The van der Waals surface area contributed by atoms with E-state index in [1.54, 1.807) is 0 Å². The molecule has 0 bridgehead atoms. The maximum absolute atomic E-state index is 12.4. The molecule has 1 rings (SSSR count). The van der Waals surface area contributed by atoms with Gasteiger partial charge in [0.1, 0.15) is 0 Å². The maximum atomic E-state index is 12.4. The molecule has 0 saturated carbocycles. The van der Waals surface area contributed by atoms with Gasteiger partial charge in [-0.25, -0.2) is 9.78 Å². The lowest BCUT2D eigenvalue weighted by Crippen LogP contribution is -2.35. The summed E-state index contributed by atoms with van der Waals surface area (Å²) < 4.78 is 12.4. The smallest absolute Gasteiger partial charge is 0.478 e. The Morgan fingerprint density at radius 2 is 2.15 bits per heavy atom. The standard InChI is InChI=1S/C6H5BFNO4/c8-5-1-3(6(10)11)4(2-9-5)7(12)13/h1-2,12-13H,(H,10,11). The Bertz CT molecular complexity index is 343. The van der Waals surface area contributed by atoms with Crippen molar-refractivity contribution in [3.8, 4) is 0 Å². The first-order chi connectivity index (χ1) is 6.02. The number of aromatic nitrogens is 1. The van der Waals surface area contributed by atoms with Gasteiger partial charge in [0.2, 0.25) is 5.95 Å². The molecule has 7 heteroatoms. The summed E-state index contributed by atoms with van der Waals surface area (Å²) in [5.74, 6) is -2.42. The van der Waals surface area contributed by atoms with E-state index in [4.69, 9.17) is 15.2 Å². The molecule has 0 spiro atoms. The molecule has 5 nitrogen and oxygen atoms in total. The highest BCUT2D eigenvalue weighted by Crippen LogP contribution is 1.98. The number of rotatable bonds is 2. The molecule has 1 heterocycles. The number of carboxylic acids is 1. The van der Waals surface area contributed by atoms with Crippen LogP contribution in [-0.2, 0) is 0 Å². The van der Waals surface area contributed by atoms with Crippen molar-refractivity contribution < 1.29 is 24.3 Å². The van der Waals surface area contributed by atoms with Crippen LogP contribution in [0.2, 0.25) is 0 Å². The van der Waals surface area contributed by atoms with Gasteiger partial charge in [0.25, 0.3) is 0 Å². The molecule has 0 fully saturated rings. The van der Waals surface area contributed by atoms with Crippen molar-refractivity contribution in [1.82, 2.24) is 4.98 Å². The zero-order chi connectivity index (χ0) is 10.0. The van der Waals surface area contributed by atoms with E-state index in [1.807, 2.05) is 0 Å². The SMILES string of the molecule is O=C(O)c1cc(F)ncc1B(O)O. The van der Waals surface area contributed by atoms with Gasteiger partial charge < -0.3 is 15.2 Å². The average molecular weight is 185 g/mol. The number of aromatic carboxylic acids is 1. The minimum Gasteiger partial charge on any atom is -0.478 e. The topological polar surface area (TPSA) is 90.7 Å². The molecule has 0 radical (unpaired) electrons. The van der Waals surface area contributed by atoms with E-state index in [0.29, 0.717) is 6.07 Å². The summed E-state index contributed by atoms with van der Waals surface area (Å²) in [5, 5.41) is 25.9. The predicted molar refractivity (Wildman–Crippen MR) is 41.0 cm³/mol. The van der Waals surface area contributed by atoms with Crippen LogP contribution in [0.5, 0.6) is 0 Å². The molecule has 0 saturated heterocycles. The zero-order valence-corrected chi connectivity index (χ0v) is 6.31. The Morgan fingerprint density at radius 3 is 2.62 bits per heavy atom. The van der Waals surface area contributed by atoms with Gasteiger partial charge in [0.05, 0.1) is 5.56 Å². The van der Waals surface area contributed by atoms with Crippen LogP contribution in [0, 0.1) is 5.95 Å². The third-order valence-electron chi connectivity index (χ3n) is 1.41. The molecule has 0 aromatic carbocycles. The lowest BCUT2D eigenvalue weighted by molar-refractivity contribution is 0.0697. The Morgan fingerprint density at radius 1 is 1.54 bits per heavy atom. The third-order valence-corrected chi connectivity index (χ3v) is 1.41. The van der Waals surface area contributed by atoms with Gasteiger partial charge >= 0.3 is 13.1 Å². The highest BCUT2D eigenvalue weighted by molar-refractivity contribution is 6.60. The number of carboxylic acid groups (broad SMARTS) is 1. The van der Waals surface area contributed by atoms with Gasteiger partial charge in [0.15, 0.2) is 0 Å². The van der Waals surface area contributed by atoms with Gasteiger partial charge in [-0.2, -0.15) is 4.39 Å². The lowest BCUT2D eigenvalue weighted by Gasteiger charge is -2.02. The van der Waals surface area contributed by atoms with Gasteiger partial charge in [-0.05, 0) is 0 Å². The Labute approximate surface area is 72.6 Å². The first kappa shape index (κ1) is 9.62. The molecule has 3 N–H and O–H groups in total. The van der Waals surface area contributed by atoms with Crippen molar-refractivity contribution in [2.45, 2.75) is 0 Å². The number of carbonyl (C=O) groups is 1. The summed E-state index contributed by atoms with van der Waals surface area (Å²) in [7, 11) is -1.97. The maximum Gasteiger partial charge on any atom is 0.490 e. The van der Waals surface area contributed by atoms with Crippen LogP contribution >= 0.6 is 0 Å². The molecule has 1 aromatic heterocycles. The second-order valence-electron chi connectivity index (χ2n) is 2.27. The van der Waals surface area contributed by atoms with Crippen LogP contribution in [-0.4, -0.2) is 33.2 Å². The van der Waals surface area contributed by atoms with Gasteiger partial charge in [-0.3, -0.25) is 0 Å². The number of pyridine rings is 1. The molecule has 1 aromatic rings. The minimum atomic E-state index is -1.97. The van der Waals surface area contributed by atoms with Crippen LogP contribution in [0.4, 0.5) is 4.39 Å². The predicted octanol–water partition coefficient (Wildman–Crippen LogP) is -1.40. The molecule has 0 unspecified atom stereocenters. The van der Waals surface area contributed by atoms with E-state index in [2.05, 4.69) is 4.98 Å². The summed E-state index contributed by atoms with van der Waals surface area (Å²) >= 11 is 0. The Kier molecular flexibility index (Phi) is 2.59. The van der Waals surface area contributed by atoms with Gasteiger partial charge in [-0.1, -0.05) is 0 Å². The Hall–Kier alpha value is -1.47. The van der Waals surface area contributed by atoms with Crippen molar-refractivity contribution in [3.05, 3.63) is 23.8 Å². The van der Waals surface area contributed by atoms with Gasteiger partial charge in [-0.15, -0.1) is 0 Å². The molecule has 0 amide bonds. The van der Waals surface area contributed by atoms with Gasteiger partial charge in [0, 0.05) is 17.7 Å². The fourth-order valence-electron chi connectivity index (χ4n) is 0.831. The third kappa shape index (κ3) is 2.01. The summed E-state index contributed by atoms with van der Waals surface area (Å²) in [5.41, 5.74) is -0.851. The van der Waals surface area contributed by atoms with E-state index >= 15 is 0 Å². The normalized spacial score (nSPS) is 9.77. The van der Waals surface area contributed by atoms with Crippen molar-refractivity contribution in [2.24, 2.45) is 0 Å². The highest BCUT2D eigenvalue weighted by atomic mass is 19.1. The summed E-state index contributed by atoms with van der Waals surface area (Å²) in [6.07, 6.45) is 0.767. The summed E-state index contributed by atoms with van der Waals surface area (Å²) in [6.45, 7) is 0. The van der Waals surface area contributed by atoms with Crippen LogP contribution in [0.3, 0.4) is 0 Å². The Balaban J connectivity index is 3.27. The van der Waals surface area contributed by atoms with Crippen molar-refractivity contribution >= 4 is 18.6 Å². The fraction of sp³-hybridized carbons (Fsp3) is 0. The molecular weight excluding hydrogens is 180 g/mol. The molecular formula is C6H5BFNO4. The van der Waals surface area contributed by atoms with E-state index in [-0.39, 0.29) is 5.46 Å². The average Bonchev–Trinajstić information content (AvgIpc) is 2.03. The molecule has 68 valence electrons. The van der Waals surface area contributed by atoms with Crippen molar-refractivity contribution in [1.29, 1.82) is 0 Å². The quantitative estimate of drug-likeness (QED) is 0.389. The first-order valence-electron chi connectivity index (χ1n) is 3.27. The number of hydrogen-bond donors (Lipinski definition) is 3. The number of halogens is 1. The monoisotopic (exact) mass is 185 g/mol. The van der Waals surface area contributed by atoms with Crippen molar-refractivity contribution in [2.75, 3.05) is 0 Å². The van der Waals surface area contributed by atoms with E-state index in [0.717, 1.165) is 6.20 Å². The highest BCUT2D eigenvalue weighted by Gasteiger charge is 2.21. The lowest BCUT2D eigenvalue weighted by atomic mass is 9.78. The van der Waals surface area contributed by atoms with Crippen LogP contribution in [0.25, 0.3) is 0 Å². The fourth-order valence-corrected chi connectivity index (χ4v) is 0.831. The van der Waals surface area contributed by atoms with Crippen LogP contribution in [0.1, 0.15) is 10.4 Å². The number of hydrogen-bond acceptors (Lipinski definition) is 4. The molecule has 0 aliphatic rings. The van der Waals surface area contributed by atoms with Crippen LogP contribution < -0.4 is 5.46 Å². The molecule has 13 heavy (non-hydrogen) atoms. The van der Waals surface area contributed by atoms with Crippen molar-refractivity contribution in [3.63, 3.8) is 0 Å².